The molecule has 0 unspecified atom stereocenters. The predicted octanol–water partition coefficient (Wildman–Crippen LogP) is 1.17. The monoisotopic (exact) mass is 385 g/mol. The van der Waals surface area contributed by atoms with Crippen molar-refractivity contribution in [2.75, 3.05) is 11.9 Å². The van der Waals surface area contributed by atoms with Gasteiger partial charge in [0.2, 0.25) is 0 Å². The summed E-state index contributed by atoms with van der Waals surface area (Å²) in [5, 5.41) is 13.1. The normalized spacial score (nSPS) is 10.1. The third-order valence-corrected chi connectivity index (χ3v) is 3.97. The summed E-state index contributed by atoms with van der Waals surface area (Å²) in [4.78, 5) is 28.0. The topological polar surface area (TPSA) is 88.5 Å². The first-order valence-corrected chi connectivity index (χ1v) is 8.17. The highest BCUT2D eigenvalue weighted by molar-refractivity contribution is 6.06. The summed E-state index contributed by atoms with van der Waals surface area (Å²) in [6.07, 6.45) is 1.48. The van der Waals surface area contributed by atoms with E-state index in [1.165, 1.54) is 18.3 Å². The number of benzene rings is 2. The molecule has 0 amide bonds. The van der Waals surface area contributed by atoms with Crippen molar-refractivity contribution in [1.82, 2.24) is 4.98 Å². The van der Waals surface area contributed by atoms with Crippen molar-refractivity contribution in [3.63, 3.8) is 0 Å². The van der Waals surface area contributed by atoms with Crippen LogP contribution in [-0.4, -0.2) is 28.6 Å². The van der Waals surface area contributed by atoms with E-state index >= 15 is 0 Å². The Hall–Kier alpha value is -3.12. The van der Waals surface area contributed by atoms with E-state index in [4.69, 9.17) is 4.74 Å². The van der Waals surface area contributed by atoms with Gasteiger partial charge in [-0.15, -0.1) is 0 Å². The number of fused-ring (bicyclic) bond motifs is 1. The number of esters is 1. The van der Waals surface area contributed by atoms with E-state index in [0.717, 1.165) is 16.5 Å². The SMILES string of the molecule is CCOC(=O)c1cnc2c(C)cccc2c1Nc1cccc(C(=O)O)c1.[Cl-]. The maximum absolute atomic E-state index is 12.4. The van der Waals surface area contributed by atoms with Gasteiger partial charge in [0.1, 0.15) is 5.56 Å². The summed E-state index contributed by atoms with van der Waals surface area (Å²) in [5.74, 6) is -1.50. The zero-order valence-corrected chi connectivity index (χ0v) is 15.6. The Kier molecular flexibility index (Phi) is 6.36. The molecule has 6 nitrogen and oxygen atoms in total. The molecule has 3 aromatic rings. The molecule has 140 valence electrons. The molecule has 0 atom stereocenters. The van der Waals surface area contributed by atoms with Crippen molar-refractivity contribution in [3.05, 3.63) is 65.4 Å². The lowest BCUT2D eigenvalue weighted by Gasteiger charge is -2.15. The zero-order valence-electron chi connectivity index (χ0n) is 14.8. The molecule has 0 aliphatic heterocycles. The fourth-order valence-corrected chi connectivity index (χ4v) is 2.74. The number of carboxylic acids is 1. The third-order valence-electron chi connectivity index (χ3n) is 3.97. The number of aromatic nitrogens is 1. The van der Waals surface area contributed by atoms with E-state index in [1.807, 2.05) is 25.1 Å². The summed E-state index contributed by atoms with van der Waals surface area (Å²) in [6.45, 7) is 3.92. The Morgan fingerprint density at radius 2 is 1.93 bits per heavy atom. The maximum atomic E-state index is 12.4. The molecule has 1 aromatic heterocycles. The van der Waals surface area contributed by atoms with Crippen LogP contribution in [0.1, 0.15) is 33.2 Å². The van der Waals surface area contributed by atoms with Crippen molar-refractivity contribution >= 4 is 34.2 Å². The molecule has 3 rings (SSSR count). The Morgan fingerprint density at radius 3 is 2.63 bits per heavy atom. The average molecular weight is 386 g/mol. The molecule has 7 heteroatoms. The second kappa shape index (κ2) is 8.51. The first-order chi connectivity index (χ1) is 12.5. The molecule has 2 aromatic carbocycles. The van der Waals surface area contributed by atoms with Gasteiger partial charge in [0.15, 0.2) is 0 Å². The largest absolute Gasteiger partial charge is 1.00 e. The molecule has 0 spiro atoms. The lowest BCUT2D eigenvalue weighted by Crippen LogP contribution is -3.00. The number of para-hydroxylation sites is 1. The molecule has 0 bridgehead atoms. The summed E-state index contributed by atoms with van der Waals surface area (Å²) >= 11 is 0. The minimum Gasteiger partial charge on any atom is -1.00 e. The molecule has 27 heavy (non-hydrogen) atoms. The van der Waals surface area contributed by atoms with Gasteiger partial charge >= 0.3 is 11.9 Å². The lowest BCUT2D eigenvalue weighted by atomic mass is 10.1. The number of ether oxygens (including phenoxy) is 1. The van der Waals surface area contributed by atoms with Crippen molar-refractivity contribution in [1.29, 1.82) is 0 Å². The van der Waals surface area contributed by atoms with E-state index in [0.29, 0.717) is 16.9 Å². The highest BCUT2D eigenvalue weighted by Gasteiger charge is 2.18. The molecule has 0 fully saturated rings. The van der Waals surface area contributed by atoms with Crippen molar-refractivity contribution in [2.24, 2.45) is 0 Å². The molecule has 0 aliphatic rings. The first-order valence-electron chi connectivity index (χ1n) is 8.17. The molecule has 0 saturated heterocycles. The minimum absolute atomic E-state index is 0. The summed E-state index contributed by atoms with van der Waals surface area (Å²) in [7, 11) is 0. The second-order valence-electron chi connectivity index (χ2n) is 5.75. The van der Waals surface area contributed by atoms with E-state index in [1.54, 1.807) is 19.1 Å². The Morgan fingerprint density at radius 1 is 1.19 bits per heavy atom. The number of anilines is 2. The van der Waals surface area contributed by atoms with E-state index in [2.05, 4.69) is 10.3 Å². The van der Waals surface area contributed by atoms with E-state index in [9.17, 15) is 14.7 Å². The minimum atomic E-state index is -1.02. The molecular formula is C20H18ClN2O4-. The van der Waals surface area contributed by atoms with Crippen LogP contribution in [0.5, 0.6) is 0 Å². The van der Waals surface area contributed by atoms with Gasteiger partial charge in [0, 0.05) is 17.3 Å². The molecule has 0 aliphatic carbocycles. The Bertz CT molecular complexity index is 1000. The number of carbonyl (C=O) groups is 2. The van der Waals surface area contributed by atoms with Gasteiger partial charge in [-0.1, -0.05) is 24.3 Å². The number of aromatic carboxylic acids is 1. The van der Waals surface area contributed by atoms with Crippen LogP contribution in [0.2, 0.25) is 0 Å². The number of aryl methyl sites for hydroxylation is 1. The number of pyridine rings is 1. The first kappa shape index (κ1) is 20.2. The lowest BCUT2D eigenvalue weighted by molar-refractivity contribution is -0.0000383. The predicted molar refractivity (Wildman–Crippen MR) is 99.1 cm³/mol. The maximum Gasteiger partial charge on any atom is 0.341 e. The van der Waals surface area contributed by atoms with Crippen LogP contribution >= 0.6 is 0 Å². The summed E-state index contributed by atoms with van der Waals surface area (Å²) < 4.78 is 5.13. The zero-order chi connectivity index (χ0) is 18.7. The van der Waals surface area contributed by atoms with Crippen LogP contribution in [0.3, 0.4) is 0 Å². The van der Waals surface area contributed by atoms with Crippen LogP contribution in [0, 0.1) is 6.92 Å². The molecule has 2 N–H and O–H groups in total. The van der Waals surface area contributed by atoms with Crippen molar-refractivity contribution in [2.45, 2.75) is 13.8 Å². The van der Waals surface area contributed by atoms with Gasteiger partial charge in [-0.05, 0) is 37.6 Å². The van der Waals surface area contributed by atoms with Gasteiger partial charge in [-0.2, -0.15) is 0 Å². The average Bonchev–Trinajstić information content (AvgIpc) is 2.63. The molecule has 0 saturated carbocycles. The van der Waals surface area contributed by atoms with Crippen LogP contribution in [-0.2, 0) is 4.74 Å². The smallest absolute Gasteiger partial charge is 0.341 e. The van der Waals surface area contributed by atoms with Gasteiger partial charge < -0.3 is 27.6 Å². The second-order valence-corrected chi connectivity index (χ2v) is 5.75. The number of carboxylic acid groups (broad SMARTS) is 1. The Balaban J connectivity index is 0.00000261. The number of halogens is 1. The molecular weight excluding hydrogens is 368 g/mol. The highest BCUT2D eigenvalue weighted by Crippen LogP contribution is 2.31. The quantitative estimate of drug-likeness (QED) is 0.641. The number of nitrogens with zero attached hydrogens (tertiary/aromatic N) is 1. The van der Waals surface area contributed by atoms with E-state index in [-0.39, 0.29) is 24.6 Å². The number of rotatable bonds is 5. The highest BCUT2D eigenvalue weighted by atomic mass is 35.5. The molecule has 0 radical (unpaired) electrons. The Labute approximate surface area is 162 Å². The van der Waals surface area contributed by atoms with Crippen molar-refractivity contribution < 1.29 is 31.8 Å². The van der Waals surface area contributed by atoms with Crippen molar-refractivity contribution in [3.8, 4) is 0 Å². The number of nitrogens with one attached hydrogen (secondary N) is 1. The number of hydrogen-bond donors (Lipinski definition) is 2. The third kappa shape index (κ3) is 4.17. The number of carbonyl (C=O) groups excluding carboxylic acids is 1. The number of hydrogen-bond acceptors (Lipinski definition) is 5. The standard InChI is InChI=1S/C20H18N2O4.ClH/c1-3-26-20(25)16-11-21-17-12(2)6-4-9-15(17)18(16)22-14-8-5-7-13(10-14)19(23)24;/h4-11H,3H2,1-2H3,(H,21,22)(H,23,24);1H/p-1. The van der Waals surface area contributed by atoms with Gasteiger partial charge in [0.05, 0.1) is 23.4 Å². The fourth-order valence-electron chi connectivity index (χ4n) is 2.74. The van der Waals surface area contributed by atoms with Gasteiger partial charge in [0.25, 0.3) is 0 Å². The van der Waals surface area contributed by atoms with Crippen LogP contribution in [0.25, 0.3) is 10.9 Å². The van der Waals surface area contributed by atoms with Gasteiger partial charge in [-0.25, -0.2) is 9.59 Å². The van der Waals surface area contributed by atoms with Gasteiger partial charge in [-0.3, -0.25) is 4.98 Å². The molecule has 1 heterocycles. The summed E-state index contributed by atoms with van der Waals surface area (Å²) in [5.41, 5.74) is 3.29. The fraction of sp³-hybridized carbons (Fsp3) is 0.150. The summed E-state index contributed by atoms with van der Waals surface area (Å²) in [6, 6.07) is 12.1. The van der Waals surface area contributed by atoms with Crippen LogP contribution in [0.15, 0.2) is 48.7 Å². The van der Waals surface area contributed by atoms with Crippen LogP contribution in [0.4, 0.5) is 11.4 Å². The van der Waals surface area contributed by atoms with E-state index < -0.39 is 11.9 Å². The van der Waals surface area contributed by atoms with Crippen LogP contribution < -0.4 is 17.7 Å².